The van der Waals surface area contributed by atoms with Crippen LogP contribution in [0, 0.1) is 20.8 Å². The first kappa shape index (κ1) is 25.1. The van der Waals surface area contributed by atoms with Crippen molar-refractivity contribution in [2.24, 2.45) is 0 Å². The lowest BCUT2D eigenvalue weighted by molar-refractivity contribution is -0.154. The number of rotatable bonds is 8. The number of nitrogens with one attached hydrogen (secondary N) is 1. The van der Waals surface area contributed by atoms with Crippen LogP contribution in [-0.2, 0) is 24.3 Å². The first-order valence-electron chi connectivity index (χ1n) is 10.7. The van der Waals surface area contributed by atoms with E-state index in [9.17, 15) is 18.0 Å². The summed E-state index contributed by atoms with van der Waals surface area (Å²) < 4.78 is 32.0. The molecule has 0 unspecified atom stereocenters. The lowest BCUT2D eigenvalue weighted by atomic mass is 10.1. The molecule has 3 aromatic carbocycles. The van der Waals surface area contributed by atoms with Gasteiger partial charge in [-0.3, -0.25) is 9.59 Å². The van der Waals surface area contributed by atoms with Crippen molar-refractivity contribution in [3.8, 4) is 0 Å². The molecule has 0 radical (unpaired) electrons. The number of hydrogen-bond donors (Lipinski definition) is 1. The molecule has 0 fully saturated rings. The predicted molar refractivity (Wildman–Crippen MR) is 131 cm³/mol. The number of benzene rings is 3. The number of esters is 1. The predicted octanol–water partition coefficient (Wildman–Crippen LogP) is 4.16. The SMILES string of the molecule is Cc1ccc(S(=O)(=O)N(C)CC(=O)O[C@H](C(=O)Nc2cc(C)cc(C)c2)c2ccccc2)cc1. The van der Waals surface area contributed by atoms with Gasteiger partial charge in [0.25, 0.3) is 5.91 Å². The number of hydrogen-bond acceptors (Lipinski definition) is 5. The Morgan fingerprint density at radius 3 is 2.06 bits per heavy atom. The highest BCUT2D eigenvalue weighted by Crippen LogP contribution is 2.22. The molecule has 0 aliphatic carbocycles. The second-order valence-corrected chi connectivity index (χ2v) is 10.3. The van der Waals surface area contributed by atoms with Crippen LogP contribution in [0.1, 0.15) is 28.4 Å². The number of amides is 1. The maximum Gasteiger partial charge on any atom is 0.322 e. The van der Waals surface area contributed by atoms with Crippen molar-refractivity contribution in [2.45, 2.75) is 31.8 Å². The zero-order valence-electron chi connectivity index (χ0n) is 19.6. The average Bonchev–Trinajstić information content (AvgIpc) is 2.77. The normalized spacial score (nSPS) is 12.3. The van der Waals surface area contributed by atoms with Crippen LogP contribution in [0.4, 0.5) is 5.69 Å². The topological polar surface area (TPSA) is 92.8 Å². The lowest BCUT2D eigenvalue weighted by Crippen LogP contribution is -2.35. The van der Waals surface area contributed by atoms with E-state index in [-0.39, 0.29) is 4.90 Å². The van der Waals surface area contributed by atoms with Crippen molar-refractivity contribution >= 4 is 27.6 Å². The van der Waals surface area contributed by atoms with E-state index in [0.717, 1.165) is 21.0 Å². The minimum atomic E-state index is -3.90. The van der Waals surface area contributed by atoms with Crippen LogP contribution in [-0.4, -0.2) is 38.2 Å². The van der Waals surface area contributed by atoms with Gasteiger partial charge in [-0.1, -0.05) is 54.1 Å². The van der Waals surface area contributed by atoms with Crippen molar-refractivity contribution in [1.82, 2.24) is 4.31 Å². The molecule has 0 bridgehead atoms. The molecule has 34 heavy (non-hydrogen) atoms. The molecule has 1 amide bonds. The Morgan fingerprint density at radius 2 is 1.47 bits per heavy atom. The first-order valence-corrected chi connectivity index (χ1v) is 12.2. The smallest absolute Gasteiger partial charge is 0.322 e. The molecular weight excluding hydrogens is 452 g/mol. The molecule has 3 rings (SSSR count). The van der Waals surface area contributed by atoms with Crippen molar-refractivity contribution in [3.63, 3.8) is 0 Å². The van der Waals surface area contributed by atoms with Gasteiger partial charge in [0.2, 0.25) is 16.1 Å². The zero-order valence-corrected chi connectivity index (χ0v) is 20.4. The highest BCUT2D eigenvalue weighted by Gasteiger charge is 2.28. The summed E-state index contributed by atoms with van der Waals surface area (Å²) in [6.07, 6.45) is -1.25. The van der Waals surface area contributed by atoms with E-state index in [1.54, 1.807) is 42.5 Å². The first-order chi connectivity index (χ1) is 16.1. The molecule has 0 saturated heterocycles. The fourth-order valence-corrected chi connectivity index (χ4v) is 4.60. The summed E-state index contributed by atoms with van der Waals surface area (Å²) in [6, 6.07) is 20.5. The molecule has 0 heterocycles. The van der Waals surface area contributed by atoms with E-state index in [1.165, 1.54) is 19.2 Å². The Morgan fingerprint density at radius 1 is 0.882 bits per heavy atom. The minimum Gasteiger partial charge on any atom is -0.446 e. The fraction of sp³-hybridized carbons (Fsp3) is 0.231. The van der Waals surface area contributed by atoms with Crippen molar-refractivity contribution in [2.75, 3.05) is 18.9 Å². The number of aryl methyl sites for hydroxylation is 3. The molecule has 0 saturated carbocycles. The van der Waals surface area contributed by atoms with Crippen molar-refractivity contribution in [1.29, 1.82) is 0 Å². The van der Waals surface area contributed by atoms with Gasteiger partial charge in [-0.25, -0.2) is 8.42 Å². The van der Waals surface area contributed by atoms with E-state index >= 15 is 0 Å². The summed E-state index contributed by atoms with van der Waals surface area (Å²) in [6.45, 7) is 5.14. The Bertz CT molecular complexity index is 1250. The molecule has 0 aliphatic heterocycles. The van der Waals surface area contributed by atoms with Gasteiger partial charge in [-0.15, -0.1) is 0 Å². The molecule has 7 nitrogen and oxygen atoms in total. The number of likely N-dealkylation sites (N-methyl/N-ethyl adjacent to an activating group) is 1. The molecule has 0 aliphatic rings. The second kappa shape index (κ2) is 10.6. The summed E-state index contributed by atoms with van der Waals surface area (Å²) in [5.74, 6) is -1.38. The van der Waals surface area contributed by atoms with Crippen molar-refractivity contribution < 1.29 is 22.7 Å². The quantitative estimate of drug-likeness (QED) is 0.489. The largest absolute Gasteiger partial charge is 0.446 e. The van der Waals surface area contributed by atoms with E-state index in [2.05, 4.69) is 5.32 Å². The summed E-state index contributed by atoms with van der Waals surface area (Å²) in [5, 5.41) is 2.79. The van der Waals surface area contributed by atoms with Crippen LogP contribution in [0.15, 0.2) is 77.7 Å². The number of ether oxygens (including phenoxy) is 1. The van der Waals surface area contributed by atoms with E-state index < -0.39 is 34.5 Å². The minimum absolute atomic E-state index is 0.0700. The van der Waals surface area contributed by atoms with E-state index in [4.69, 9.17) is 4.74 Å². The Labute approximate surface area is 200 Å². The van der Waals surface area contributed by atoms with E-state index in [0.29, 0.717) is 11.3 Å². The second-order valence-electron chi connectivity index (χ2n) is 8.22. The molecule has 0 spiro atoms. The fourth-order valence-electron chi connectivity index (χ4n) is 3.48. The van der Waals surface area contributed by atoms with Gasteiger partial charge in [-0.2, -0.15) is 4.31 Å². The summed E-state index contributed by atoms with van der Waals surface area (Å²) >= 11 is 0. The monoisotopic (exact) mass is 480 g/mol. The lowest BCUT2D eigenvalue weighted by Gasteiger charge is -2.21. The Balaban J connectivity index is 1.77. The molecule has 8 heteroatoms. The van der Waals surface area contributed by atoms with E-state index in [1.807, 2.05) is 39.0 Å². The molecule has 178 valence electrons. The number of anilines is 1. The third kappa shape index (κ3) is 6.30. The number of sulfonamides is 1. The van der Waals surface area contributed by atoms with Crippen LogP contribution in [0.25, 0.3) is 0 Å². The highest BCUT2D eigenvalue weighted by molar-refractivity contribution is 7.89. The average molecular weight is 481 g/mol. The van der Waals surface area contributed by atoms with Crippen LogP contribution in [0.2, 0.25) is 0 Å². The molecule has 0 aromatic heterocycles. The summed E-state index contributed by atoms with van der Waals surface area (Å²) in [5.41, 5.74) is 3.93. The maximum absolute atomic E-state index is 13.1. The van der Waals surface area contributed by atoms with Crippen LogP contribution in [0.3, 0.4) is 0 Å². The van der Waals surface area contributed by atoms with Gasteiger partial charge >= 0.3 is 5.97 Å². The van der Waals surface area contributed by atoms with Crippen LogP contribution in [0.5, 0.6) is 0 Å². The number of carbonyl (C=O) groups is 2. The molecule has 3 aromatic rings. The molecule has 1 N–H and O–H groups in total. The van der Waals surface area contributed by atoms with Gasteiger partial charge in [0.05, 0.1) is 4.90 Å². The third-order valence-electron chi connectivity index (χ3n) is 5.16. The Kier molecular flexibility index (Phi) is 7.86. The molecule has 1 atom stereocenters. The third-order valence-corrected chi connectivity index (χ3v) is 6.98. The number of nitrogens with zero attached hydrogens (tertiary/aromatic N) is 1. The summed E-state index contributed by atoms with van der Waals surface area (Å²) in [4.78, 5) is 25.9. The van der Waals surface area contributed by atoms with Gasteiger partial charge < -0.3 is 10.1 Å². The van der Waals surface area contributed by atoms with Crippen LogP contribution < -0.4 is 5.32 Å². The number of carbonyl (C=O) groups excluding carboxylic acids is 2. The summed E-state index contributed by atoms with van der Waals surface area (Å²) in [7, 11) is -2.60. The van der Waals surface area contributed by atoms with Gasteiger partial charge in [0, 0.05) is 18.3 Å². The van der Waals surface area contributed by atoms with Gasteiger partial charge in [-0.05, 0) is 56.2 Å². The van der Waals surface area contributed by atoms with Gasteiger partial charge in [0.15, 0.2) is 0 Å². The van der Waals surface area contributed by atoms with Gasteiger partial charge in [0.1, 0.15) is 6.54 Å². The van der Waals surface area contributed by atoms with Crippen LogP contribution >= 0.6 is 0 Å². The zero-order chi connectivity index (χ0) is 24.9. The molecular formula is C26H28N2O5S. The highest BCUT2D eigenvalue weighted by atomic mass is 32.2. The van der Waals surface area contributed by atoms with Crippen molar-refractivity contribution in [3.05, 3.63) is 95.1 Å². The maximum atomic E-state index is 13.1. The standard InChI is InChI=1S/C26H28N2O5S/c1-18-10-12-23(13-11-18)34(31,32)28(4)17-24(29)33-25(21-8-6-5-7-9-21)26(30)27-22-15-19(2)14-20(3)16-22/h5-16,25H,17H2,1-4H3,(H,27,30)/t25-/m0/s1. The Hall–Kier alpha value is -3.49.